The summed E-state index contributed by atoms with van der Waals surface area (Å²) in [6, 6.07) is 0.976. The molecule has 3 saturated heterocycles. The lowest BCUT2D eigenvalue weighted by atomic mass is 9.91. The number of likely N-dealkylation sites (tertiary alicyclic amines) is 1. The molecule has 0 aromatic carbocycles. The Morgan fingerprint density at radius 3 is 2.32 bits per heavy atom. The van der Waals surface area contributed by atoms with E-state index in [1.54, 1.807) is 0 Å². The second-order valence-electron chi connectivity index (χ2n) is 9.94. The topological polar surface area (TPSA) is 76.6 Å². The normalized spacial score (nSPS) is 29.5. The summed E-state index contributed by atoms with van der Waals surface area (Å²) in [6.07, 6.45) is 8.88. The van der Waals surface area contributed by atoms with Gasteiger partial charge < -0.3 is 24.5 Å². The van der Waals surface area contributed by atoms with Crippen molar-refractivity contribution in [2.75, 3.05) is 52.4 Å². The molecule has 1 aliphatic carbocycles. The Morgan fingerprint density at radius 1 is 0.968 bits per heavy atom. The summed E-state index contributed by atoms with van der Waals surface area (Å²) in [4.78, 5) is 32.3. The number of hydrogen-bond acceptors (Lipinski definition) is 6. The van der Waals surface area contributed by atoms with Gasteiger partial charge in [-0.25, -0.2) is 4.79 Å². The van der Waals surface area contributed by atoms with Gasteiger partial charge in [0.15, 0.2) is 6.23 Å². The van der Waals surface area contributed by atoms with Gasteiger partial charge in [-0.15, -0.1) is 0 Å². The number of aliphatic carboxylic acids is 1. The van der Waals surface area contributed by atoms with Crippen LogP contribution in [-0.2, 0) is 9.53 Å². The number of cyclic esters (lactones) is 1. The maximum Gasteiger partial charge on any atom is 0.411 e. The van der Waals surface area contributed by atoms with Crippen LogP contribution in [-0.4, -0.2) is 107 Å². The molecule has 0 aromatic heterocycles. The Bertz CT molecular complexity index is 613. The molecule has 4 aliphatic rings. The number of hydrogen-bond donors (Lipinski definition) is 1. The van der Waals surface area contributed by atoms with Gasteiger partial charge in [-0.05, 0) is 58.0 Å². The highest BCUT2D eigenvalue weighted by molar-refractivity contribution is 5.70. The standard InChI is InChI=1S/C23H40N4O4/c1-18-22(26-16-14-24(15-17-26)11-9-21(28)29)31-23(30)27(18)10-3-2-4-19-7-12-25(13-8-19)20-5-6-20/h18-20,22H,2-17H2,1H3,(H,28,29). The molecule has 2 atom stereocenters. The smallest absolute Gasteiger partial charge is 0.411 e. The third kappa shape index (κ3) is 6.11. The molecule has 1 N–H and O–H groups in total. The molecule has 0 bridgehead atoms. The van der Waals surface area contributed by atoms with Crippen LogP contribution in [0.1, 0.15) is 58.3 Å². The Balaban J connectivity index is 1.13. The van der Waals surface area contributed by atoms with Gasteiger partial charge in [-0.2, -0.15) is 0 Å². The van der Waals surface area contributed by atoms with Crippen LogP contribution in [0, 0.1) is 5.92 Å². The summed E-state index contributed by atoms with van der Waals surface area (Å²) >= 11 is 0. The van der Waals surface area contributed by atoms with E-state index in [-0.39, 0.29) is 24.8 Å². The third-order valence-corrected chi connectivity index (χ3v) is 7.74. The number of carbonyl (C=O) groups is 2. The van der Waals surface area contributed by atoms with Gasteiger partial charge in [0.1, 0.15) is 0 Å². The number of piperidine rings is 1. The van der Waals surface area contributed by atoms with Gasteiger partial charge >= 0.3 is 12.1 Å². The molecule has 4 rings (SSSR count). The van der Waals surface area contributed by atoms with Crippen LogP contribution in [0.4, 0.5) is 4.79 Å². The van der Waals surface area contributed by atoms with Gasteiger partial charge in [0.2, 0.25) is 0 Å². The molecule has 1 amide bonds. The van der Waals surface area contributed by atoms with Crippen molar-refractivity contribution in [3.8, 4) is 0 Å². The monoisotopic (exact) mass is 436 g/mol. The number of carbonyl (C=O) groups excluding carboxylic acids is 1. The van der Waals surface area contributed by atoms with Gasteiger partial charge in [-0.1, -0.05) is 12.8 Å². The summed E-state index contributed by atoms with van der Waals surface area (Å²) in [6.45, 7) is 9.34. The Hall–Kier alpha value is -1.38. The van der Waals surface area contributed by atoms with Crippen LogP contribution in [0.5, 0.6) is 0 Å². The first-order chi connectivity index (χ1) is 15.0. The van der Waals surface area contributed by atoms with Crippen molar-refractivity contribution in [3.63, 3.8) is 0 Å². The molecule has 31 heavy (non-hydrogen) atoms. The van der Waals surface area contributed by atoms with Gasteiger partial charge in [0, 0.05) is 45.3 Å². The zero-order valence-corrected chi connectivity index (χ0v) is 19.1. The Kier molecular flexibility index (Phi) is 7.72. The predicted octanol–water partition coefficient (Wildman–Crippen LogP) is 2.29. The molecule has 1 saturated carbocycles. The second-order valence-corrected chi connectivity index (χ2v) is 9.94. The number of carboxylic acid groups (broad SMARTS) is 1. The number of carboxylic acids is 1. The van der Waals surface area contributed by atoms with Crippen molar-refractivity contribution >= 4 is 12.1 Å². The highest BCUT2D eigenvalue weighted by atomic mass is 16.6. The van der Waals surface area contributed by atoms with Crippen LogP contribution >= 0.6 is 0 Å². The molecule has 0 spiro atoms. The van der Waals surface area contributed by atoms with Crippen molar-refractivity contribution in [1.29, 1.82) is 0 Å². The Labute approximate surface area is 186 Å². The second kappa shape index (κ2) is 10.5. The van der Waals surface area contributed by atoms with Crippen LogP contribution < -0.4 is 0 Å². The van der Waals surface area contributed by atoms with E-state index in [0.717, 1.165) is 51.1 Å². The van der Waals surface area contributed by atoms with E-state index >= 15 is 0 Å². The zero-order chi connectivity index (χ0) is 21.8. The lowest BCUT2D eigenvalue weighted by Crippen LogP contribution is -2.53. The van der Waals surface area contributed by atoms with Crippen LogP contribution in [0.15, 0.2) is 0 Å². The fraction of sp³-hybridized carbons (Fsp3) is 0.913. The number of piperazine rings is 1. The minimum atomic E-state index is -0.750. The van der Waals surface area contributed by atoms with E-state index in [4.69, 9.17) is 9.84 Å². The van der Waals surface area contributed by atoms with E-state index < -0.39 is 5.97 Å². The number of unbranched alkanes of at least 4 members (excludes halogenated alkanes) is 1. The predicted molar refractivity (Wildman–Crippen MR) is 118 cm³/mol. The van der Waals surface area contributed by atoms with Gasteiger partial charge in [0.05, 0.1) is 12.5 Å². The molecule has 0 aromatic rings. The average Bonchev–Trinajstić information content (AvgIpc) is 3.58. The number of ether oxygens (including phenoxy) is 1. The third-order valence-electron chi connectivity index (χ3n) is 7.74. The molecule has 3 aliphatic heterocycles. The maximum atomic E-state index is 12.5. The van der Waals surface area contributed by atoms with Crippen LogP contribution in [0.3, 0.4) is 0 Å². The van der Waals surface area contributed by atoms with Crippen molar-refractivity contribution in [2.45, 2.75) is 76.6 Å². The molecular weight excluding hydrogens is 396 g/mol. The molecule has 0 radical (unpaired) electrons. The van der Waals surface area contributed by atoms with Gasteiger partial charge in [-0.3, -0.25) is 9.69 Å². The molecule has 8 nitrogen and oxygen atoms in total. The van der Waals surface area contributed by atoms with Crippen LogP contribution in [0.2, 0.25) is 0 Å². The molecular formula is C23H40N4O4. The van der Waals surface area contributed by atoms with E-state index in [9.17, 15) is 9.59 Å². The van der Waals surface area contributed by atoms with Crippen molar-refractivity contribution in [3.05, 3.63) is 0 Å². The minimum absolute atomic E-state index is 0.0693. The first-order valence-electron chi connectivity index (χ1n) is 12.4. The SMILES string of the molecule is CC1C(N2CCN(CCC(=O)O)CC2)OC(=O)N1CCCCC1CCN(C2CC2)CC1. The van der Waals surface area contributed by atoms with Crippen LogP contribution in [0.25, 0.3) is 0 Å². The first kappa shape index (κ1) is 22.8. The quantitative estimate of drug-likeness (QED) is 0.527. The fourth-order valence-electron chi connectivity index (χ4n) is 5.52. The van der Waals surface area contributed by atoms with Crippen molar-refractivity contribution in [1.82, 2.24) is 19.6 Å². The lowest BCUT2D eigenvalue weighted by Gasteiger charge is -2.38. The summed E-state index contributed by atoms with van der Waals surface area (Å²) < 4.78 is 5.74. The van der Waals surface area contributed by atoms with Crippen molar-refractivity contribution < 1.29 is 19.4 Å². The number of rotatable bonds is 10. The minimum Gasteiger partial charge on any atom is -0.481 e. The van der Waals surface area contributed by atoms with E-state index in [1.165, 1.54) is 51.6 Å². The van der Waals surface area contributed by atoms with Gasteiger partial charge in [0.25, 0.3) is 0 Å². The zero-order valence-electron chi connectivity index (χ0n) is 19.1. The lowest BCUT2D eigenvalue weighted by molar-refractivity contribution is -0.137. The summed E-state index contributed by atoms with van der Waals surface area (Å²) in [7, 11) is 0. The summed E-state index contributed by atoms with van der Waals surface area (Å²) in [5, 5.41) is 8.86. The van der Waals surface area contributed by atoms with E-state index in [1.807, 2.05) is 4.90 Å². The molecule has 2 unspecified atom stereocenters. The fourth-order valence-corrected chi connectivity index (χ4v) is 5.52. The highest BCUT2D eigenvalue weighted by Crippen LogP contribution is 2.32. The van der Waals surface area contributed by atoms with Crippen molar-refractivity contribution in [2.24, 2.45) is 5.92 Å². The number of nitrogens with zero attached hydrogens (tertiary/aromatic N) is 4. The summed E-state index contributed by atoms with van der Waals surface area (Å²) in [5.41, 5.74) is 0. The molecule has 176 valence electrons. The maximum absolute atomic E-state index is 12.5. The van der Waals surface area contributed by atoms with E-state index in [2.05, 4.69) is 21.6 Å². The average molecular weight is 437 g/mol. The highest BCUT2D eigenvalue weighted by Gasteiger charge is 2.42. The first-order valence-corrected chi connectivity index (χ1v) is 12.4. The molecule has 8 heteroatoms. The molecule has 4 fully saturated rings. The largest absolute Gasteiger partial charge is 0.481 e. The van der Waals surface area contributed by atoms with E-state index in [0.29, 0.717) is 6.54 Å². The molecule has 3 heterocycles. The number of amides is 1. The Morgan fingerprint density at radius 2 is 1.68 bits per heavy atom. The summed E-state index contributed by atoms with van der Waals surface area (Å²) in [5.74, 6) is 0.114.